The average Bonchev–Trinajstić information content (AvgIpc) is 2.77. The van der Waals surface area contributed by atoms with Crippen LogP contribution >= 0.6 is 0 Å². The topological polar surface area (TPSA) is 73.2 Å². The smallest absolute Gasteiger partial charge is 0.335 e. The molecule has 2 N–H and O–H groups in total. The number of piperidine rings is 1. The second kappa shape index (κ2) is 10.8. The van der Waals surface area contributed by atoms with Crippen LogP contribution in [-0.2, 0) is 6.42 Å². The van der Waals surface area contributed by atoms with Gasteiger partial charge in [0.05, 0.1) is 17.3 Å². The van der Waals surface area contributed by atoms with Gasteiger partial charge >= 0.3 is 5.97 Å². The Hall–Kier alpha value is -2.57. The van der Waals surface area contributed by atoms with Gasteiger partial charge in [-0.25, -0.2) is 4.79 Å². The average molecular weight is 441 g/mol. The summed E-state index contributed by atoms with van der Waals surface area (Å²) in [7, 11) is 2.06. The first kappa shape index (κ1) is 24.1. The SMILES string of the molecule is CC(C)Oc1ccc(N(C)CCC2(O)CCN(CCc3ccc(C(=O)O)cc3)CC2)cc1. The van der Waals surface area contributed by atoms with Crippen molar-refractivity contribution in [3.8, 4) is 5.75 Å². The Kier molecular flexibility index (Phi) is 8.15. The van der Waals surface area contributed by atoms with E-state index in [-0.39, 0.29) is 6.10 Å². The van der Waals surface area contributed by atoms with Gasteiger partial charge in [-0.05, 0) is 81.5 Å². The maximum atomic E-state index is 11.1. The Labute approximate surface area is 191 Å². The Balaban J connectivity index is 1.41. The molecule has 1 aliphatic rings. The van der Waals surface area contributed by atoms with E-state index in [0.29, 0.717) is 5.56 Å². The van der Waals surface area contributed by atoms with Gasteiger partial charge in [0.1, 0.15) is 5.75 Å². The van der Waals surface area contributed by atoms with Crippen LogP contribution in [-0.4, -0.2) is 66.0 Å². The number of ether oxygens (including phenoxy) is 1. The summed E-state index contributed by atoms with van der Waals surface area (Å²) in [6.45, 7) is 7.53. The number of likely N-dealkylation sites (tertiary alicyclic amines) is 1. The quantitative estimate of drug-likeness (QED) is 0.580. The molecule has 1 aliphatic heterocycles. The van der Waals surface area contributed by atoms with E-state index in [4.69, 9.17) is 9.84 Å². The third kappa shape index (κ3) is 6.97. The van der Waals surface area contributed by atoms with Crippen LogP contribution in [0.5, 0.6) is 5.75 Å². The maximum absolute atomic E-state index is 11.1. The minimum absolute atomic E-state index is 0.163. The molecule has 3 rings (SSSR count). The number of nitrogens with zero attached hydrogens (tertiary/aromatic N) is 2. The molecule has 0 atom stereocenters. The van der Waals surface area contributed by atoms with E-state index in [1.165, 1.54) is 0 Å². The summed E-state index contributed by atoms with van der Waals surface area (Å²) >= 11 is 0. The van der Waals surface area contributed by atoms with E-state index in [1.54, 1.807) is 12.1 Å². The number of hydrogen-bond donors (Lipinski definition) is 2. The molecule has 6 heteroatoms. The molecule has 6 nitrogen and oxygen atoms in total. The Bertz CT molecular complexity index is 856. The number of benzene rings is 2. The van der Waals surface area contributed by atoms with Crippen LogP contribution in [0.2, 0.25) is 0 Å². The van der Waals surface area contributed by atoms with E-state index < -0.39 is 11.6 Å². The molecule has 1 fully saturated rings. The van der Waals surface area contributed by atoms with E-state index in [0.717, 1.165) is 68.9 Å². The van der Waals surface area contributed by atoms with Crippen molar-refractivity contribution in [2.45, 2.75) is 51.2 Å². The molecule has 32 heavy (non-hydrogen) atoms. The molecule has 1 heterocycles. The van der Waals surface area contributed by atoms with Crippen molar-refractivity contribution in [2.75, 3.05) is 38.1 Å². The van der Waals surface area contributed by atoms with Crippen LogP contribution < -0.4 is 9.64 Å². The molecule has 0 amide bonds. The lowest BCUT2D eigenvalue weighted by molar-refractivity contribution is -0.0254. The summed E-state index contributed by atoms with van der Waals surface area (Å²) < 4.78 is 5.71. The summed E-state index contributed by atoms with van der Waals surface area (Å²) in [6, 6.07) is 15.2. The zero-order chi connectivity index (χ0) is 23.1. The van der Waals surface area contributed by atoms with Gasteiger partial charge in [0.2, 0.25) is 0 Å². The van der Waals surface area contributed by atoms with Crippen LogP contribution in [0.15, 0.2) is 48.5 Å². The first-order valence-electron chi connectivity index (χ1n) is 11.5. The molecule has 1 saturated heterocycles. The summed E-state index contributed by atoms with van der Waals surface area (Å²) in [5.74, 6) is -0.0179. The standard InChI is InChI=1S/C26H36N2O4/c1-20(2)32-24-10-8-23(9-11-24)27(3)17-13-26(31)14-18-28(19-15-26)16-12-21-4-6-22(7-5-21)25(29)30/h4-11,20,31H,12-19H2,1-3H3,(H,29,30). The number of anilines is 1. The Morgan fingerprint density at radius 3 is 2.28 bits per heavy atom. The lowest BCUT2D eigenvalue weighted by Crippen LogP contribution is -2.46. The number of carbonyl (C=O) groups is 1. The van der Waals surface area contributed by atoms with E-state index >= 15 is 0 Å². The largest absolute Gasteiger partial charge is 0.491 e. The summed E-state index contributed by atoms with van der Waals surface area (Å²) in [4.78, 5) is 15.5. The van der Waals surface area contributed by atoms with Crippen molar-refractivity contribution >= 4 is 11.7 Å². The van der Waals surface area contributed by atoms with Crippen molar-refractivity contribution in [1.82, 2.24) is 4.90 Å². The zero-order valence-electron chi connectivity index (χ0n) is 19.5. The van der Waals surface area contributed by atoms with Gasteiger partial charge in [-0.2, -0.15) is 0 Å². The first-order chi connectivity index (χ1) is 15.2. The third-order valence-electron chi connectivity index (χ3n) is 6.27. The van der Waals surface area contributed by atoms with Gasteiger partial charge in [0, 0.05) is 38.9 Å². The van der Waals surface area contributed by atoms with Crippen LogP contribution in [0.25, 0.3) is 0 Å². The highest BCUT2D eigenvalue weighted by Gasteiger charge is 2.32. The predicted octanol–water partition coefficient (Wildman–Crippen LogP) is 4.07. The number of rotatable bonds is 10. The van der Waals surface area contributed by atoms with Crippen molar-refractivity contribution in [3.63, 3.8) is 0 Å². The molecule has 0 radical (unpaired) electrons. The molecule has 2 aromatic rings. The highest BCUT2D eigenvalue weighted by molar-refractivity contribution is 5.87. The molecule has 0 unspecified atom stereocenters. The predicted molar refractivity (Wildman–Crippen MR) is 128 cm³/mol. The molecule has 2 aromatic carbocycles. The Morgan fingerprint density at radius 1 is 1.09 bits per heavy atom. The molecular weight excluding hydrogens is 404 g/mol. The normalized spacial score (nSPS) is 16.2. The van der Waals surface area contributed by atoms with Crippen LogP contribution in [0, 0.1) is 0 Å². The van der Waals surface area contributed by atoms with Gasteiger partial charge in [0.15, 0.2) is 0 Å². The first-order valence-corrected chi connectivity index (χ1v) is 11.5. The summed E-state index contributed by atoms with van der Waals surface area (Å²) in [5, 5.41) is 20.1. The second-order valence-electron chi connectivity index (χ2n) is 9.15. The number of carboxylic acids is 1. The zero-order valence-corrected chi connectivity index (χ0v) is 19.5. The third-order valence-corrected chi connectivity index (χ3v) is 6.27. The number of hydrogen-bond acceptors (Lipinski definition) is 5. The molecule has 0 spiro atoms. The highest BCUT2D eigenvalue weighted by atomic mass is 16.5. The van der Waals surface area contributed by atoms with E-state index in [9.17, 15) is 9.90 Å². The molecule has 0 saturated carbocycles. The second-order valence-corrected chi connectivity index (χ2v) is 9.15. The van der Waals surface area contributed by atoms with Crippen LogP contribution in [0.4, 0.5) is 5.69 Å². The van der Waals surface area contributed by atoms with Gasteiger partial charge in [-0.3, -0.25) is 0 Å². The summed E-state index contributed by atoms with van der Waals surface area (Å²) in [6.07, 6.45) is 3.35. The van der Waals surface area contributed by atoms with E-state index in [2.05, 4.69) is 29.0 Å². The van der Waals surface area contributed by atoms with Gasteiger partial charge < -0.3 is 24.7 Å². The van der Waals surface area contributed by atoms with E-state index in [1.807, 2.05) is 38.1 Å². The van der Waals surface area contributed by atoms with Crippen LogP contribution in [0.3, 0.4) is 0 Å². The van der Waals surface area contributed by atoms with Gasteiger partial charge in [-0.15, -0.1) is 0 Å². The Morgan fingerprint density at radius 2 is 1.72 bits per heavy atom. The van der Waals surface area contributed by atoms with Crippen molar-refractivity contribution in [2.24, 2.45) is 0 Å². The molecule has 0 aromatic heterocycles. The molecular formula is C26H36N2O4. The lowest BCUT2D eigenvalue weighted by Gasteiger charge is -2.39. The van der Waals surface area contributed by atoms with Crippen LogP contribution in [0.1, 0.15) is 49.0 Å². The fourth-order valence-corrected chi connectivity index (χ4v) is 4.10. The minimum atomic E-state index is -0.894. The van der Waals surface area contributed by atoms with Crippen molar-refractivity contribution < 1.29 is 19.7 Å². The monoisotopic (exact) mass is 440 g/mol. The molecule has 174 valence electrons. The van der Waals surface area contributed by atoms with Gasteiger partial charge in [0.25, 0.3) is 0 Å². The molecule has 0 bridgehead atoms. The lowest BCUT2D eigenvalue weighted by atomic mass is 9.88. The number of aliphatic hydroxyl groups is 1. The fourth-order valence-electron chi connectivity index (χ4n) is 4.10. The summed E-state index contributed by atoms with van der Waals surface area (Å²) in [5.41, 5.74) is 1.97. The molecule has 0 aliphatic carbocycles. The maximum Gasteiger partial charge on any atom is 0.335 e. The minimum Gasteiger partial charge on any atom is -0.491 e. The number of carboxylic acid groups (broad SMARTS) is 1. The fraction of sp³-hybridized carbons (Fsp3) is 0.500. The number of aromatic carboxylic acids is 1. The van der Waals surface area contributed by atoms with Gasteiger partial charge in [-0.1, -0.05) is 12.1 Å². The highest BCUT2D eigenvalue weighted by Crippen LogP contribution is 2.27. The van der Waals surface area contributed by atoms with Crippen molar-refractivity contribution in [1.29, 1.82) is 0 Å². The van der Waals surface area contributed by atoms with Crippen molar-refractivity contribution in [3.05, 3.63) is 59.7 Å².